The average Bonchev–Trinajstić information content (AvgIpc) is 3.18. The van der Waals surface area contributed by atoms with Crippen LogP contribution in [0.2, 0.25) is 0 Å². The van der Waals surface area contributed by atoms with Crippen molar-refractivity contribution in [2.45, 2.75) is 26.1 Å². The molecule has 11 heteroatoms. The minimum Gasteiger partial charge on any atom is -0.379 e. The van der Waals surface area contributed by atoms with Gasteiger partial charge < -0.3 is 10.1 Å². The van der Waals surface area contributed by atoms with E-state index in [2.05, 4.69) is 25.5 Å². The van der Waals surface area contributed by atoms with Crippen molar-refractivity contribution in [3.63, 3.8) is 0 Å². The average molecular weight is 438 g/mol. The number of alkyl halides is 3. The molecule has 1 aliphatic rings. The van der Waals surface area contributed by atoms with E-state index in [4.69, 9.17) is 4.74 Å². The quantitative estimate of drug-likeness (QED) is 0.616. The number of hydrogen-bond donors (Lipinski definition) is 1. The second-order valence-corrected chi connectivity index (χ2v) is 7.45. The maximum absolute atomic E-state index is 13.4. The summed E-state index contributed by atoms with van der Waals surface area (Å²) >= 11 is 0. The van der Waals surface area contributed by atoms with Crippen molar-refractivity contribution in [1.29, 1.82) is 0 Å². The van der Waals surface area contributed by atoms with Crippen molar-refractivity contribution >= 4 is 11.5 Å². The van der Waals surface area contributed by atoms with Crippen LogP contribution in [0.4, 0.5) is 23.4 Å². The smallest absolute Gasteiger partial charge is 0.379 e. The molecule has 7 nitrogen and oxygen atoms in total. The zero-order valence-electron chi connectivity index (χ0n) is 17.1. The summed E-state index contributed by atoms with van der Waals surface area (Å²) in [5.41, 5.74) is 2.21. The molecule has 0 bridgehead atoms. The first-order chi connectivity index (χ1) is 14.8. The topological polar surface area (TPSA) is 67.6 Å². The SMILES string of the molecule is Cc1c(NCC(c2ccc(F)cc2)N2CCOCC2)nn2c(C(F)(F)F)nnc2c1C. The number of aryl methyl sites for hydroxylation is 1. The number of ether oxygens (including phenoxy) is 1. The minimum absolute atomic E-state index is 0.0682. The molecule has 3 aromatic rings. The largest absolute Gasteiger partial charge is 0.453 e. The lowest BCUT2D eigenvalue weighted by atomic mass is 10.0. The van der Waals surface area contributed by atoms with Gasteiger partial charge in [-0.1, -0.05) is 12.1 Å². The number of rotatable bonds is 5. The molecule has 31 heavy (non-hydrogen) atoms. The van der Waals surface area contributed by atoms with Crippen LogP contribution in [0.1, 0.15) is 28.6 Å². The Morgan fingerprint density at radius 1 is 1.06 bits per heavy atom. The highest BCUT2D eigenvalue weighted by Gasteiger charge is 2.38. The summed E-state index contributed by atoms with van der Waals surface area (Å²) in [7, 11) is 0. The van der Waals surface area contributed by atoms with Gasteiger partial charge in [0.15, 0.2) is 5.65 Å². The van der Waals surface area contributed by atoms with Gasteiger partial charge in [0, 0.05) is 25.2 Å². The summed E-state index contributed by atoms with van der Waals surface area (Å²) in [5, 5.41) is 14.3. The maximum atomic E-state index is 13.4. The van der Waals surface area contributed by atoms with Crippen LogP contribution in [0.15, 0.2) is 24.3 Å². The number of fused-ring (bicyclic) bond motifs is 1. The zero-order chi connectivity index (χ0) is 22.2. The molecule has 1 aromatic carbocycles. The van der Waals surface area contributed by atoms with Crippen LogP contribution in [-0.2, 0) is 10.9 Å². The molecule has 1 aliphatic heterocycles. The predicted molar refractivity (Wildman–Crippen MR) is 105 cm³/mol. The van der Waals surface area contributed by atoms with Crippen molar-refractivity contribution in [3.05, 3.63) is 52.6 Å². The van der Waals surface area contributed by atoms with Gasteiger partial charge in [0.25, 0.3) is 5.82 Å². The van der Waals surface area contributed by atoms with Crippen LogP contribution >= 0.6 is 0 Å². The molecule has 1 unspecified atom stereocenters. The third kappa shape index (κ3) is 4.33. The fourth-order valence-corrected chi connectivity index (χ4v) is 3.70. The van der Waals surface area contributed by atoms with Crippen molar-refractivity contribution in [2.24, 2.45) is 0 Å². The molecule has 0 saturated carbocycles. The number of benzene rings is 1. The predicted octanol–water partition coefficient (Wildman–Crippen LogP) is 3.38. The van der Waals surface area contributed by atoms with E-state index in [0.717, 1.165) is 10.1 Å². The van der Waals surface area contributed by atoms with E-state index >= 15 is 0 Å². The third-order valence-corrected chi connectivity index (χ3v) is 5.55. The van der Waals surface area contributed by atoms with Crippen LogP contribution in [-0.4, -0.2) is 57.6 Å². The molecular weight excluding hydrogens is 416 g/mol. The molecule has 1 saturated heterocycles. The number of nitrogens with one attached hydrogen (secondary N) is 1. The van der Waals surface area contributed by atoms with E-state index in [1.54, 1.807) is 26.0 Å². The van der Waals surface area contributed by atoms with Gasteiger partial charge in [-0.15, -0.1) is 15.3 Å². The van der Waals surface area contributed by atoms with Crippen LogP contribution in [0.5, 0.6) is 0 Å². The van der Waals surface area contributed by atoms with E-state index in [9.17, 15) is 17.6 Å². The molecule has 3 heterocycles. The van der Waals surface area contributed by atoms with Gasteiger partial charge in [-0.2, -0.15) is 17.7 Å². The number of hydrogen-bond acceptors (Lipinski definition) is 6. The Labute approximate surface area is 176 Å². The number of aromatic nitrogens is 4. The first-order valence-electron chi connectivity index (χ1n) is 9.86. The van der Waals surface area contributed by atoms with E-state index < -0.39 is 12.0 Å². The molecule has 4 rings (SSSR count). The Balaban J connectivity index is 1.66. The van der Waals surface area contributed by atoms with Gasteiger partial charge in [-0.05, 0) is 37.1 Å². The number of morpholine rings is 1. The van der Waals surface area contributed by atoms with Crippen LogP contribution in [0.25, 0.3) is 5.65 Å². The molecule has 1 fully saturated rings. The molecule has 2 aromatic heterocycles. The van der Waals surface area contributed by atoms with Crippen LogP contribution < -0.4 is 5.32 Å². The van der Waals surface area contributed by atoms with Crippen molar-refractivity contribution in [3.8, 4) is 0 Å². The minimum atomic E-state index is -4.67. The Hall–Kier alpha value is -2.79. The fraction of sp³-hybridized carbons (Fsp3) is 0.450. The zero-order valence-corrected chi connectivity index (χ0v) is 17.1. The first-order valence-corrected chi connectivity index (χ1v) is 9.86. The van der Waals surface area contributed by atoms with E-state index in [0.29, 0.717) is 49.8 Å². The fourth-order valence-electron chi connectivity index (χ4n) is 3.70. The molecule has 0 spiro atoms. The standard InChI is InChI=1S/C20H22F4N6O/c1-12-13(2)18-26-27-19(20(22,23)24)30(18)28-17(12)25-11-16(29-7-9-31-10-8-29)14-3-5-15(21)6-4-14/h3-6,16H,7-11H2,1-2H3,(H,25,28). The van der Waals surface area contributed by atoms with Gasteiger partial charge in [-0.25, -0.2) is 4.39 Å². The Kier molecular flexibility index (Phi) is 5.80. The molecule has 0 radical (unpaired) electrons. The highest BCUT2D eigenvalue weighted by atomic mass is 19.4. The summed E-state index contributed by atoms with van der Waals surface area (Å²) in [6.07, 6.45) is -4.67. The van der Waals surface area contributed by atoms with Crippen molar-refractivity contribution in [2.75, 3.05) is 38.2 Å². The summed E-state index contributed by atoms with van der Waals surface area (Å²) in [5.74, 6) is -1.18. The van der Waals surface area contributed by atoms with Gasteiger partial charge >= 0.3 is 6.18 Å². The summed E-state index contributed by atoms with van der Waals surface area (Å²) < 4.78 is 59.5. The van der Waals surface area contributed by atoms with Gasteiger partial charge in [0.05, 0.1) is 19.3 Å². The van der Waals surface area contributed by atoms with Gasteiger partial charge in [-0.3, -0.25) is 4.90 Å². The molecular formula is C20H22F4N6O. The number of halogens is 4. The Bertz CT molecular complexity index is 1060. The normalized spacial score (nSPS) is 16.6. The van der Waals surface area contributed by atoms with Crippen molar-refractivity contribution in [1.82, 2.24) is 24.7 Å². The molecule has 0 aliphatic carbocycles. The van der Waals surface area contributed by atoms with Gasteiger partial charge in [0.1, 0.15) is 11.6 Å². The van der Waals surface area contributed by atoms with Crippen LogP contribution in [0.3, 0.4) is 0 Å². The first kappa shape index (κ1) is 21.4. The summed E-state index contributed by atoms with van der Waals surface area (Å²) in [4.78, 5) is 2.20. The molecule has 1 atom stereocenters. The lowest BCUT2D eigenvalue weighted by Crippen LogP contribution is -2.41. The lowest BCUT2D eigenvalue weighted by Gasteiger charge is -2.35. The summed E-state index contributed by atoms with van der Waals surface area (Å²) in [6, 6.07) is 6.09. The maximum Gasteiger partial charge on any atom is 0.453 e. The second-order valence-electron chi connectivity index (χ2n) is 7.45. The van der Waals surface area contributed by atoms with Crippen LogP contribution in [0, 0.1) is 19.7 Å². The second kappa shape index (κ2) is 8.39. The summed E-state index contributed by atoms with van der Waals surface area (Å²) in [6.45, 7) is 6.37. The Morgan fingerprint density at radius 3 is 2.39 bits per heavy atom. The monoisotopic (exact) mass is 438 g/mol. The van der Waals surface area contributed by atoms with Gasteiger partial charge in [0.2, 0.25) is 0 Å². The highest BCUT2D eigenvalue weighted by Crippen LogP contribution is 2.30. The molecule has 1 N–H and O–H groups in total. The van der Waals surface area contributed by atoms with E-state index in [1.165, 1.54) is 12.1 Å². The lowest BCUT2D eigenvalue weighted by molar-refractivity contribution is -0.146. The number of anilines is 1. The van der Waals surface area contributed by atoms with E-state index in [1.807, 2.05) is 0 Å². The highest BCUT2D eigenvalue weighted by molar-refractivity contribution is 5.58. The molecule has 0 amide bonds. The molecule has 166 valence electrons. The van der Waals surface area contributed by atoms with E-state index in [-0.39, 0.29) is 17.5 Å². The van der Waals surface area contributed by atoms with Crippen molar-refractivity contribution < 1.29 is 22.3 Å². The Morgan fingerprint density at radius 2 is 1.74 bits per heavy atom. The third-order valence-electron chi connectivity index (χ3n) is 5.55. The number of nitrogens with zero attached hydrogens (tertiary/aromatic N) is 5.